The molecule has 0 fully saturated rings. The van der Waals surface area contributed by atoms with E-state index in [0.717, 1.165) is 12.8 Å². The highest BCUT2D eigenvalue weighted by Gasteiger charge is 2.09. The highest BCUT2D eigenvalue weighted by Crippen LogP contribution is 2.20. The molecular formula is C11H25NO2. The molecule has 14 heavy (non-hydrogen) atoms. The topological polar surface area (TPSA) is 38.3 Å². The van der Waals surface area contributed by atoms with Crippen molar-refractivity contribution >= 4 is 6.09 Å². The van der Waals surface area contributed by atoms with Gasteiger partial charge in [-0.2, -0.15) is 0 Å². The first-order chi connectivity index (χ1) is 6.45. The van der Waals surface area contributed by atoms with Crippen molar-refractivity contribution in [1.82, 2.24) is 5.32 Å². The highest BCUT2D eigenvalue weighted by molar-refractivity contribution is 5.66. The van der Waals surface area contributed by atoms with E-state index < -0.39 is 0 Å². The number of carbonyl (C=O) groups is 1. The van der Waals surface area contributed by atoms with E-state index in [4.69, 9.17) is 4.74 Å². The maximum absolute atomic E-state index is 10.6. The van der Waals surface area contributed by atoms with Crippen LogP contribution in [0.2, 0.25) is 0 Å². The molecule has 0 aromatic heterocycles. The molecule has 86 valence electrons. The lowest BCUT2D eigenvalue weighted by Crippen LogP contribution is -2.20. The summed E-state index contributed by atoms with van der Waals surface area (Å²) in [5.41, 5.74) is 0.325. The molecule has 0 bridgehead atoms. The fourth-order valence-electron chi connectivity index (χ4n) is 0.840. The van der Waals surface area contributed by atoms with Crippen LogP contribution in [0.3, 0.4) is 0 Å². The minimum atomic E-state index is -0.344. The zero-order chi connectivity index (χ0) is 11.6. The lowest BCUT2D eigenvalue weighted by molar-refractivity contribution is 0.141. The number of ether oxygens (including phenoxy) is 1. The maximum atomic E-state index is 10.6. The third-order valence-electron chi connectivity index (χ3n) is 1.51. The Kier molecular flexibility index (Phi) is 9.94. The number of rotatable bonds is 3. The maximum Gasteiger partial charge on any atom is 0.406 e. The van der Waals surface area contributed by atoms with Gasteiger partial charge in [-0.05, 0) is 18.3 Å². The van der Waals surface area contributed by atoms with Crippen LogP contribution < -0.4 is 5.32 Å². The average molecular weight is 203 g/mol. The van der Waals surface area contributed by atoms with Crippen LogP contribution in [0.4, 0.5) is 4.79 Å². The molecule has 0 spiro atoms. The Hall–Kier alpha value is -0.730. The van der Waals surface area contributed by atoms with Gasteiger partial charge in [0, 0.05) is 7.05 Å². The molecule has 1 N–H and O–H groups in total. The molecule has 0 saturated carbocycles. The molecule has 0 aliphatic heterocycles. The van der Waals surface area contributed by atoms with Gasteiger partial charge in [0.15, 0.2) is 0 Å². The fraction of sp³-hybridized carbons (Fsp3) is 0.909. The summed E-state index contributed by atoms with van der Waals surface area (Å²) in [6.07, 6.45) is 1.66. The first kappa shape index (κ1) is 15.7. The standard InChI is InChI=1S/C9H19NO2.C2H6/c1-9(2,3)6-5-7-12-8(11)10-4;1-2/h5-7H2,1-4H3,(H,10,11);1-2H3. The molecule has 3 heteroatoms. The number of hydrogen-bond acceptors (Lipinski definition) is 2. The van der Waals surface area contributed by atoms with Crippen molar-refractivity contribution < 1.29 is 9.53 Å². The van der Waals surface area contributed by atoms with Crippen LogP contribution in [0.25, 0.3) is 0 Å². The van der Waals surface area contributed by atoms with Crippen LogP contribution in [0.1, 0.15) is 47.5 Å². The average Bonchev–Trinajstić information content (AvgIpc) is 2.14. The Bertz CT molecular complexity index is 139. The molecule has 0 atom stereocenters. The molecule has 0 aromatic carbocycles. The van der Waals surface area contributed by atoms with E-state index in [1.807, 2.05) is 13.8 Å². The van der Waals surface area contributed by atoms with Crippen molar-refractivity contribution in [3.8, 4) is 0 Å². The van der Waals surface area contributed by atoms with E-state index >= 15 is 0 Å². The van der Waals surface area contributed by atoms with E-state index in [1.165, 1.54) is 0 Å². The Morgan fingerprint density at radius 3 is 2.14 bits per heavy atom. The van der Waals surface area contributed by atoms with Gasteiger partial charge in [-0.25, -0.2) is 4.79 Å². The highest BCUT2D eigenvalue weighted by atomic mass is 16.5. The van der Waals surface area contributed by atoms with Gasteiger partial charge in [-0.1, -0.05) is 34.6 Å². The minimum Gasteiger partial charge on any atom is -0.450 e. The van der Waals surface area contributed by atoms with E-state index in [2.05, 4.69) is 26.1 Å². The summed E-state index contributed by atoms with van der Waals surface area (Å²) < 4.78 is 4.84. The molecule has 0 heterocycles. The first-order valence-electron chi connectivity index (χ1n) is 5.30. The number of alkyl carbamates (subject to hydrolysis) is 1. The molecule has 0 rings (SSSR count). The van der Waals surface area contributed by atoms with E-state index in [1.54, 1.807) is 7.05 Å². The van der Waals surface area contributed by atoms with Gasteiger partial charge in [0.2, 0.25) is 0 Å². The monoisotopic (exact) mass is 203 g/mol. The summed E-state index contributed by atoms with van der Waals surface area (Å²) in [5.74, 6) is 0. The van der Waals surface area contributed by atoms with Crippen molar-refractivity contribution in [3.63, 3.8) is 0 Å². The first-order valence-corrected chi connectivity index (χ1v) is 5.30. The van der Waals surface area contributed by atoms with Gasteiger partial charge in [0.05, 0.1) is 6.61 Å². The lowest BCUT2D eigenvalue weighted by Gasteiger charge is -2.17. The van der Waals surface area contributed by atoms with Gasteiger partial charge in [-0.3, -0.25) is 0 Å². The van der Waals surface area contributed by atoms with Gasteiger partial charge in [0.25, 0.3) is 0 Å². The predicted octanol–water partition coefficient (Wildman–Crippen LogP) is 3.19. The summed E-state index contributed by atoms with van der Waals surface area (Å²) in [6.45, 7) is 11.0. The SMILES string of the molecule is CC.CNC(=O)OCCCC(C)(C)C. The number of nitrogens with one attached hydrogen (secondary N) is 1. The summed E-state index contributed by atoms with van der Waals surface area (Å²) in [7, 11) is 1.56. The van der Waals surface area contributed by atoms with Crippen LogP contribution in [0.15, 0.2) is 0 Å². The van der Waals surface area contributed by atoms with E-state index in [9.17, 15) is 4.79 Å². The quantitative estimate of drug-likeness (QED) is 0.715. The second-order valence-electron chi connectivity index (χ2n) is 4.05. The van der Waals surface area contributed by atoms with Crippen LogP contribution in [0.5, 0.6) is 0 Å². The third-order valence-corrected chi connectivity index (χ3v) is 1.51. The Morgan fingerprint density at radius 2 is 1.79 bits per heavy atom. The molecule has 3 nitrogen and oxygen atoms in total. The van der Waals surface area contributed by atoms with E-state index in [-0.39, 0.29) is 6.09 Å². The van der Waals surface area contributed by atoms with Crippen LogP contribution in [0, 0.1) is 5.41 Å². The van der Waals surface area contributed by atoms with Gasteiger partial charge in [-0.15, -0.1) is 0 Å². The smallest absolute Gasteiger partial charge is 0.406 e. The number of amides is 1. The van der Waals surface area contributed by atoms with E-state index in [0.29, 0.717) is 12.0 Å². The molecule has 1 amide bonds. The van der Waals surface area contributed by atoms with Crippen molar-refractivity contribution in [2.75, 3.05) is 13.7 Å². The Balaban J connectivity index is 0. The Morgan fingerprint density at radius 1 is 1.29 bits per heavy atom. The molecule has 0 aliphatic rings. The van der Waals surface area contributed by atoms with Crippen LogP contribution in [-0.4, -0.2) is 19.7 Å². The fourth-order valence-corrected chi connectivity index (χ4v) is 0.840. The second-order valence-corrected chi connectivity index (χ2v) is 4.05. The Labute approximate surface area is 88.2 Å². The largest absolute Gasteiger partial charge is 0.450 e. The summed E-state index contributed by atoms with van der Waals surface area (Å²) in [4.78, 5) is 10.6. The molecule has 0 saturated heterocycles. The molecular weight excluding hydrogens is 178 g/mol. The normalized spacial score (nSPS) is 9.86. The third kappa shape index (κ3) is 13.8. The van der Waals surface area contributed by atoms with Crippen molar-refractivity contribution in [3.05, 3.63) is 0 Å². The second kappa shape index (κ2) is 8.85. The van der Waals surface area contributed by atoms with Crippen molar-refractivity contribution in [2.45, 2.75) is 47.5 Å². The van der Waals surface area contributed by atoms with Gasteiger partial charge in [0.1, 0.15) is 0 Å². The molecule has 0 unspecified atom stereocenters. The predicted molar refractivity (Wildman–Crippen MR) is 60.4 cm³/mol. The van der Waals surface area contributed by atoms with Crippen LogP contribution >= 0.6 is 0 Å². The van der Waals surface area contributed by atoms with Crippen molar-refractivity contribution in [1.29, 1.82) is 0 Å². The number of carbonyl (C=O) groups excluding carboxylic acids is 1. The summed E-state index contributed by atoms with van der Waals surface area (Å²) in [5, 5.41) is 2.40. The van der Waals surface area contributed by atoms with Crippen molar-refractivity contribution in [2.24, 2.45) is 5.41 Å². The molecule has 0 aromatic rings. The zero-order valence-electron chi connectivity index (χ0n) is 10.4. The van der Waals surface area contributed by atoms with Gasteiger partial charge >= 0.3 is 6.09 Å². The molecule has 0 radical (unpaired) electrons. The minimum absolute atomic E-state index is 0.325. The van der Waals surface area contributed by atoms with Crippen LogP contribution in [-0.2, 0) is 4.74 Å². The van der Waals surface area contributed by atoms with Gasteiger partial charge < -0.3 is 10.1 Å². The molecule has 0 aliphatic carbocycles. The summed E-state index contributed by atoms with van der Waals surface area (Å²) in [6, 6.07) is 0. The summed E-state index contributed by atoms with van der Waals surface area (Å²) >= 11 is 0. The lowest BCUT2D eigenvalue weighted by atomic mass is 9.91. The number of hydrogen-bond donors (Lipinski definition) is 1. The zero-order valence-corrected chi connectivity index (χ0v) is 10.4.